The van der Waals surface area contributed by atoms with E-state index in [1.165, 1.54) is 5.56 Å². The van der Waals surface area contributed by atoms with Gasteiger partial charge in [0, 0.05) is 10.9 Å². The summed E-state index contributed by atoms with van der Waals surface area (Å²) < 4.78 is 11.9. The van der Waals surface area contributed by atoms with Crippen LogP contribution in [0.25, 0.3) is 33.7 Å². The fraction of sp³-hybridized carbons (Fsp3) is 0.250. The molecule has 0 radical (unpaired) electrons. The summed E-state index contributed by atoms with van der Waals surface area (Å²) in [6.45, 7) is 8.62. The predicted octanol–water partition coefficient (Wildman–Crippen LogP) is 5.85. The Morgan fingerprint density at radius 2 is 1.70 bits per heavy atom. The molecule has 2 aromatic carbocycles. The maximum Gasteiger partial charge on any atom is 0.264 e. The summed E-state index contributed by atoms with van der Waals surface area (Å²) in [6, 6.07) is 14.2. The van der Waals surface area contributed by atoms with E-state index < -0.39 is 0 Å². The molecule has 4 rings (SSSR count). The highest BCUT2D eigenvalue weighted by molar-refractivity contribution is 5.87. The molecule has 0 aliphatic heterocycles. The normalized spacial score (nSPS) is 12.3. The molecule has 4 aromatic rings. The molecule has 3 heteroatoms. The number of nitrogens with zero attached hydrogens (tertiary/aromatic N) is 1. The van der Waals surface area contributed by atoms with E-state index in [1.54, 1.807) is 0 Å². The Kier molecular flexibility index (Phi) is 2.89. The molecule has 0 saturated heterocycles. The van der Waals surface area contributed by atoms with Crippen LogP contribution in [0.3, 0.4) is 0 Å². The van der Waals surface area contributed by atoms with Crippen molar-refractivity contribution < 1.29 is 8.83 Å². The summed E-state index contributed by atoms with van der Waals surface area (Å²) in [4.78, 5) is 4.65. The maximum atomic E-state index is 5.96. The van der Waals surface area contributed by atoms with Gasteiger partial charge in [-0.3, -0.25) is 0 Å². The highest BCUT2D eigenvalue weighted by Crippen LogP contribution is 2.35. The standard InChI is InChI=1S/C20H19NO2/c1-12-14-7-5-6-8-16(14)22-18(12)19-21-15-11-13(20(2,3)4)9-10-17(15)23-19/h5-11H,1-4H3. The van der Waals surface area contributed by atoms with Crippen LogP contribution in [0.2, 0.25) is 0 Å². The zero-order chi connectivity index (χ0) is 16.2. The second-order valence-corrected chi connectivity index (χ2v) is 7.00. The Labute approximate surface area is 134 Å². The lowest BCUT2D eigenvalue weighted by atomic mass is 9.87. The van der Waals surface area contributed by atoms with Crippen molar-refractivity contribution in [2.45, 2.75) is 33.1 Å². The topological polar surface area (TPSA) is 39.2 Å². The minimum atomic E-state index is 0.0859. The molecule has 0 saturated carbocycles. The lowest BCUT2D eigenvalue weighted by Gasteiger charge is -2.18. The van der Waals surface area contributed by atoms with Crippen molar-refractivity contribution in [3.63, 3.8) is 0 Å². The van der Waals surface area contributed by atoms with E-state index in [0.717, 1.165) is 27.6 Å². The average Bonchev–Trinajstić information content (AvgIpc) is 3.07. The van der Waals surface area contributed by atoms with Gasteiger partial charge >= 0.3 is 0 Å². The van der Waals surface area contributed by atoms with Crippen molar-refractivity contribution in [3.8, 4) is 11.7 Å². The minimum Gasteiger partial charge on any atom is -0.451 e. The fourth-order valence-corrected chi connectivity index (χ4v) is 2.87. The monoisotopic (exact) mass is 305 g/mol. The molecule has 0 bridgehead atoms. The summed E-state index contributed by atoms with van der Waals surface area (Å²) in [6.07, 6.45) is 0. The molecule has 0 fully saturated rings. The molecule has 0 unspecified atom stereocenters. The van der Waals surface area contributed by atoms with Gasteiger partial charge < -0.3 is 8.83 Å². The first-order valence-electron chi connectivity index (χ1n) is 7.83. The molecule has 0 aliphatic carbocycles. The first-order chi connectivity index (χ1) is 10.9. The van der Waals surface area contributed by atoms with Crippen LogP contribution in [0, 0.1) is 6.92 Å². The van der Waals surface area contributed by atoms with Crippen molar-refractivity contribution in [3.05, 3.63) is 53.6 Å². The van der Waals surface area contributed by atoms with Gasteiger partial charge in [0.1, 0.15) is 11.1 Å². The average molecular weight is 305 g/mol. The van der Waals surface area contributed by atoms with Gasteiger partial charge in [-0.15, -0.1) is 0 Å². The molecule has 3 nitrogen and oxygen atoms in total. The summed E-state index contributed by atoms with van der Waals surface area (Å²) in [7, 11) is 0. The Morgan fingerprint density at radius 3 is 2.43 bits per heavy atom. The molecule has 0 atom stereocenters. The third kappa shape index (κ3) is 2.24. The van der Waals surface area contributed by atoms with Gasteiger partial charge in [-0.2, -0.15) is 0 Å². The van der Waals surface area contributed by atoms with Crippen LogP contribution in [0.1, 0.15) is 31.9 Å². The highest BCUT2D eigenvalue weighted by Gasteiger charge is 2.19. The SMILES string of the molecule is Cc1c(-c2nc3cc(C(C)(C)C)ccc3o2)oc2ccccc12. The van der Waals surface area contributed by atoms with Crippen LogP contribution < -0.4 is 0 Å². The summed E-state index contributed by atoms with van der Waals surface area (Å²) in [5.74, 6) is 1.25. The lowest BCUT2D eigenvalue weighted by molar-refractivity contribution is 0.557. The zero-order valence-electron chi connectivity index (χ0n) is 13.8. The lowest BCUT2D eigenvalue weighted by Crippen LogP contribution is -2.10. The van der Waals surface area contributed by atoms with Gasteiger partial charge in [0.05, 0.1) is 0 Å². The van der Waals surface area contributed by atoms with Crippen molar-refractivity contribution in [1.29, 1.82) is 0 Å². The van der Waals surface area contributed by atoms with Gasteiger partial charge in [0.15, 0.2) is 11.3 Å². The Balaban J connectivity index is 1.89. The number of hydrogen-bond acceptors (Lipinski definition) is 3. The largest absolute Gasteiger partial charge is 0.451 e. The van der Waals surface area contributed by atoms with E-state index in [1.807, 2.05) is 31.2 Å². The van der Waals surface area contributed by atoms with E-state index in [-0.39, 0.29) is 5.41 Å². The molecule has 0 amide bonds. The van der Waals surface area contributed by atoms with Gasteiger partial charge in [0.2, 0.25) is 0 Å². The Morgan fingerprint density at radius 1 is 0.913 bits per heavy atom. The van der Waals surface area contributed by atoms with E-state index in [9.17, 15) is 0 Å². The van der Waals surface area contributed by atoms with Gasteiger partial charge in [-0.1, -0.05) is 45.0 Å². The smallest absolute Gasteiger partial charge is 0.264 e. The molecule has 2 heterocycles. The number of furan rings is 1. The molecular formula is C20H19NO2. The third-order valence-corrected chi connectivity index (χ3v) is 4.29. The fourth-order valence-electron chi connectivity index (χ4n) is 2.87. The highest BCUT2D eigenvalue weighted by atomic mass is 16.4. The van der Waals surface area contributed by atoms with Crippen molar-refractivity contribution in [1.82, 2.24) is 4.98 Å². The number of aryl methyl sites for hydroxylation is 1. The molecule has 0 spiro atoms. The second-order valence-electron chi connectivity index (χ2n) is 7.00. The molecule has 116 valence electrons. The minimum absolute atomic E-state index is 0.0859. The Hall–Kier alpha value is -2.55. The van der Waals surface area contributed by atoms with Gasteiger partial charge in [-0.25, -0.2) is 4.98 Å². The van der Waals surface area contributed by atoms with Crippen LogP contribution in [0.5, 0.6) is 0 Å². The third-order valence-electron chi connectivity index (χ3n) is 4.29. The first kappa shape index (κ1) is 14.1. The number of benzene rings is 2. The first-order valence-corrected chi connectivity index (χ1v) is 7.83. The summed E-state index contributed by atoms with van der Waals surface area (Å²) in [5, 5.41) is 1.10. The van der Waals surface area contributed by atoms with E-state index in [2.05, 4.69) is 44.0 Å². The maximum absolute atomic E-state index is 5.96. The van der Waals surface area contributed by atoms with Crippen LogP contribution in [-0.4, -0.2) is 4.98 Å². The number of aromatic nitrogens is 1. The molecule has 2 aromatic heterocycles. The van der Waals surface area contributed by atoms with Crippen LogP contribution in [-0.2, 0) is 5.41 Å². The van der Waals surface area contributed by atoms with Gasteiger partial charge in [-0.05, 0) is 36.1 Å². The van der Waals surface area contributed by atoms with Crippen molar-refractivity contribution in [2.75, 3.05) is 0 Å². The molecule has 0 N–H and O–H groups in total. The predicted molar refractivity (Wildman–Crippen MR) is 92.7 cm³/mol. The number of hydrogen-bond donors (Lipinski definition) is 0. The number of oxazole rings is 1. The quantitative estimate of drug-likeness (QED) is 0.443. The summed E-state index contributed by atoms with van der Waals surface area (Å²) >= 11 is 0. The molecule has 0 aliphatic rings. The van der Waals surface area contributed by atoms with Gasteiger partial charge in [0.25, 0.3) is 5.89 Å². The van der Waals surface area contributed by atoms with Crippen LogP contribution in [0.4, 0.5) is 0 Å². The van der Waals surface area contributed by atoms with Crippen LogP contribution in [0.15, 0.2) is 51.3 Å². The van der Waals surface area contributed by atoms with Crippen molar-refractivity contribution >= 4 is 22.1 Å². The van der Waals surface area contributed by atoms with Crippen molar-refractivity contribution in [2.24, 2.45) is 0 Å². The zero-order valence-corrected chi connectivity index (χ0v) is 13.8. The van der Waals surface area contributed by atoms with Crippen LogP contribution >= 0.6 is 0 Å². The number of rotatable bonds is 1. The Bertz CT molecular complexity index is 1020. The van der Waals surface area contributed by atoms with E-state index in [4.69, 9.17) is 8.83 Å². The van der Waals surface area contributed by atoms with E-state index >= 15 is 0 Å². The summed E-state index contributed by atoms with van der Waals surface area (Å²) in [5.41, 5.74) is 4.90. The second kappa shape index (κ2) is 4.72. The molecular weight excluding hydrogens is 286 g/mol. The van der Waals surface area contributed by atoms with E-state index in [0.29, 0.717) is 11.7 Å². The molecule has 23 heavy (non-hydrogen) atoms. The number of para-hydroxylation sites is 1. The number of fused-ring (bicyclic) bond motifs is 2.